The molecule has 2 heterocycles. The Morgan fingerprint density at radius 3 is 2.67 bits per heavy atom. The average Bonchev–Trinajstić information content (AvgIpc) is 3.03. The molecule has 0 radical (unpaired) electrons. The van der Waals surface area contributed by atoms with Crippen LogP contribution in [-0.2, 0) is 17.5 Å². The molecule has 0 amide bonds. The standard InChI is InChI=1S/C17H19F3N2O2/c18-17(19,20)14-4-2-1-3-13(14)15(23)11-22-8-7-21-16(22)12-5-9-24-10-6-12/h1-4,7-8,12,15,23H,5-6,9-11H2. The van der Waals surface area contributed by atoms with Crippen LogP contribution in [0.15, 0.2) is 36.7 Å². The zero-order valence-corrected chi connectivity index (χ0v) is 13.0. The van der Waals surface area contributed by atoms with Crippen LogP contribution in [0, 0.1) is 0 Å². The van der Waals surface area contributed by atoms with Gasteiger partial charge in [0.15, 0.2) is 0 Å². The quantitative estimate of drug-likeness (QED) is 0.926. The molecular formula is C17H19F3N2O2. The number of halogens is 3. The van der Waals surface area contributed by atoms with Crippen molar-refractivity contribution in [1.29, 1.82) is 0 Å². The molecule has 0 aliphatic carbocycles. The average molecular weight is 340 g/mol. The van der Waals surface area contributed by atoms with Crippen molar-refractivity contribution in [2.75, 3.05) is 13.2 Å². The maximum atomic E-state index is 13.1. The van der Waals surface area contributed by atoms with E-state index in [2.05, 4.69) is 4.98 Å². The third-order valence-corrected chi connectivity index (χ3v) is 4.33. The monoisotopic (exact) mass is 340 g/mol. The van der Waals surface area contributed by atoms with Crippen LogP contribution >= 0.6 is 0 Å². The van der Waals surface area contributed by atoms with E-state index < -0.39 is 17.8 Å². The molecule has 3 rings (SSSR count). The van der Waals surface area contributed by atoms with Crippen LogP contribution in [0.5, 0.6) is 0 Å². The summed E-state index contributed by atoms with van der Waals surface area (Å²) >= 11 is 0. The number of ether oxygens (including phenoxy) is 1. The first-order valence-corrected chi connectivity index (χ1v) is 7.90. The van der Waals surface area contributed by atoms with Crippen molar-refractivity contribution in [3.8, 4) is 0 Å². The van der Waals surface area contributed by atoms with Gasteiger partial charge in [0.2, 0.25) is 0 Å². The summed E-state index contributed by atoms with van der Waals surface area (Å²) in [6, 6.07) is 5.13. The predicted octanol–water partition coefficient (Wildman–Crippen LogP) is 3.53. The summed E-state index contributed by atoms with van der Waals surface area (Å²) in [6.45, 7) is 1.34. The fraction of sp³-hybridized carbons (Fsp3) is 0.471. The van der Waals surface area contributed by atoms with Gasteiger partial charge in [0.1, 0.15) is 5.82 Å². The first kappa shape index (κ1) is 17.0. The molecule has 1 atom stereocenters. The lowest BCUT2D eigenvalue weighted by Gasteiger charge is -2.24. The van der Waals surface area contributed by atoms with E-state index in [-0.39, 0.29) is 18.0 Å². The van der Waals surface area contributed by atoms with Gasteiger partial charge in [0, 0.05) is 31.5 Å². The van der Waals surface area contributed by atoms with Crippen LogP contribution in [-0.4, -0.2) is 27.9 Å². The van der Waals surface area contributed by atoms with Gasteiger partial charge in [-0.05, 0) is 24.5 Å². The Morgan fingerprint density at radius 2 is 1.96 bits per heavy atom. The van der Waals surface area contributed by atoms with Crippen molar-refractivity contribution < 1.29 is 23.0 Å². The minimum absolute atomic E-state index is 0.0415. The van der Waals surface area contributed by atoms with E-state index in [1.165, 1.54) is 18.2 Å². The van der Waals surface area contributed by atoms with Crippen LogP contribution < -0.4 is 0 Å². The number of hydrogen-bond donors (Lipinski definition) is 1. The first-order valence-electron chi connectivity index (χ1n) is 7.90. The van der Waals surface area contributed by atoms with Gasteiger partial charge in [0.25, 0.3) is 0 Å². The van der Waals surface area contributed by atoms with Gasteiger partial charge in [-0.1, -0.05) is 18.2 Å². The zero-order valence-electron chi connectivity index (χ0n) is 13.0. The second kappa shape index (κ2) is 6.94. The summed E-state index contributed by atoms with van der Waals surface area (Å²) in [5, 5.41) is 10.4. The molecule has 0 spiro atoms. The van der Waals surface area contributed by atoms with E-state index in [1.807, 2.05) is 0 Å². The van der Waals surface area contributed by atoms with Gasteiger partial charge in [-0.3, -0.25) is 0 Å². The Morgan fingerprint density at radius 1 is 1.25 bits per heavy atom. The maximum Gasteiger partial charge on any atom is 0.416 e. The summed E-state index contributed by atoms with van der Waals surface area (Å²) in [7, 11) is 0. The van der Waals surface area contributed by atoms with E-state index in [0.717, 1.165) is 24.7 Å². The van der Waals surface area contributed by atoms with E-state index in [0.29, 0.717) is 13.2 Å². The molecule has 24 heavy (non-hydrogen) atoms. The first-order chi connectivity index (χ1) is 11.5. The molecule has 0 saturated carbocycles. The number of aliphatic hydroxyl groups is 1. The van der Waals surface area contributed by atoms with Crippen LogP contribution in [0.25, 0.3) is 0 Å². The molecule has 2 aromatic rings. The number of hydrogen-bond acceptors (Lipinski definition) is 3. The van der Waals surface area contributed by atoms with Gasteiger partial charge < -0.3 is 14.4 Å². The smallest absolute Gasteiger partial charge is 0.387 e. The highest BCUT2D eigenvalue weighted by molar-refractivity contribution is 5.31. The van der Waals surface area contributed by atoms with E-state index >= 15 is 0 Å². The minimum Gasteiger partial charge on any atom is -0.387 e. The van der Waals surface area contributed by atoms with Gasteiger partial charge in [-0.25, -0.2) is 4.98 Å². The van der Waals surface area contributed by atoms with Gasteiger partial charge in [-0.15, -0.1) is 0 Å². The molecule has 1 N–H and O–H groups in total. The van der Waals surface area contributed by atoms with Crippen molar-refractivity contribution in [2.45, 2.75) is 37.6 Å². The normalized spacial score (nSPS) is 17.8. The maximum absolute atomic E-state index is 13.1. The molecule has 0 bridgehead atoms. The van der Waals surface area contributed by atoms with Gasteiger partial charge >= 0.3 is 6.18 Å². The van der Waals surface area contributed by atoms with Crippen molar-refractivity contribution in [1.82, 2.24) is 9.55 Å². The van der Waals surface area contributed by atoms with Crippen molar-refractivity contribution in [3.63, 3.8) is 0 Å². The number of nitrogens with zero attached hydrogens (tertiary/aromatic N) is 2. The lowest BCUT2D eigenvalue weighted by Crippen LogP contribution is -2.20. The Hall–Kier alpha value is -1.86. The second-order valence-electron chi connectivity index (χ2n) is 5.93. The summed E-state index contributed by atoms with van der Waals surface area (Å²) in [4.78, 5) is 4.33. The summed E-state index contributed by atoms with van der Waals surface area (Å²) < 4.78 is 46.4. The molecule has 1 aliphatic heterocycles. The Bertz CT molecular complexity index is 678. The minimum atomic E-state index is -4.49. The fourth-order valence-corrected chi connectivity index (χ4v) is 3.12. The number of imidazole rings is 1. The Labute approximate surface area is 137 Å². The third kappa shape index (κ3) is 3.62. The van der Waals surface area contributed by atoms with Crippen LogP contribution in [0.3, 0.4) is 0 Å². The molecular weight excluding hydrogens is 321 g/mol. The lowest BCUT2D eigenvalue weighted by atomic mass is 9.98. The molecule has 1 aromatic heterocycles. The molecule has 1 aromatic carbocycles. The predicted molar refractivity (Wildman–Crippen MR) is 81.4 cm³/mol. The number of benzene rings is 1. The largest absolute Gasteiger partial charge is 0.416 e. The highest BCUT2D eigenvalue weighted by Gasteiger charge is 2.34. The highest BCUT2D eigenvalue weighted by Crippen LogP contribution is 2.35. The molecule has 130 valence electrons. The molecule has 1 fully saturated rings. The van der Waals surface area contributed by atoms with Crippen molar-refractivity contribution in [2.24, 2.45) is 0 Å². The second-order valence-corrected chi connectivity index (χ2v) is 5.93. The Balaban J connectivity index is 1.81. The van der Waals surface area contributed by atoms with Gasteiger partial charge in [0.05, 0.1) is 18.2 Å². The van der Waals surface area contributed by atoms with E-state index in [1.54, 1.807) is 17.0 Å². The number of aliphatic hydroxyl groups excluding tert-OH is 1. The van der Waals surface area contributed by atoms with Crippen molar-refractivity contribution in [3.05, 3.63) is 53.6 Å². The van der Waals surface area contributed by atoms with Crippen LogP contribution in [0.4, 0.5) is 13.2 Å². The molecule has 1 aliphatic rings. The Kier molecular flexibility index (Phi) is 4.91. The summed E-state index contributed by atoms with van der Waals surface area (Å²) in [6.07, 6.45) is -0.776. The number of aromatic nitrogens is 2. The third-order valence-electron chi connectivity index (χ3n) is 4.33. The molecule has 1 unspecified atom stereocenters. The fourth-order valence-electron chi connectivity index (χ4n) is 3.12. The topological polar surface area (TPSA) is 47.3 Å². The number of alkyl halides is 3. The van der Waals surface area contributed by atoms with Gasteiger partial charge in [-0.2, -0.15) is 13.2 Å². The van der Waals surface area contributed by atoms with E-state index in [9.17, 15) is 18.3 Å². The molecule has 7 heteroatoms. The highest BCUT2D eigenvalue weighted by atomic mass is 19.4. The molecule has 4 nitrogen and oxygen atoms in total. The lowest BCUT2D eigenvalue weighted by molar-refractivity contribution is -0.139. The van der Waals surface area contributed by atoms with Crippen LogP contribution in [0.1, 0.15) is 41.8 Å². The van der Waals surface area contributed by atoms with E-state index in [4.69, 9.17) is 4.74 Å². The number of rotatable bonds is 4. The van der Waals surface area contributed by atoms with Crippen LogP contribution in [0.2, 0.25) is 0 Å². The SMILES string of the molecule is OC(Cn1ccnc1C1CCOCC1)c1ccccc1C(F)(F)F. The zero-order chi connectivity index (χ0) is 17.2. The summed E-state index contributed by atoms with van der Waals surface area (Å²) in [5.74, 6) is 1.00. The summed E-state index contributed by atoms with van der Waals surface area (Å²) in [5.41, 5.74) is -0.915. The molecule has 1 saturated heterocycles. The van der Waals surface area contributed by atoms with Crippen molar-refractivity contribution >= 4 is 0 Å².